The van der Waals surface area contributed by atoms with Crippen molar-refractivity contribution in [3.8, 4) is 0 Å². The standard InChI is InChI=1S/C9H17N3O/c1-10-9(13)12-5-7-2-3-8(6-12)11-4-7/h7-8,11H,2-6H2,1H3,(H,10,13). The highest BCUT2D eigenvalue weighted by molar-refractivity contribution is 5.73. The van der Waals surface area contributed by atoms with Gasteiger partial charge in [0.05, 0.1) is 0 Å². The average Bonchev–Trinajstić information content (AvgIpc) is 2.49. The molecule has 0 aromatic carbocycles. The third-order valence-electron chi connectivity index (χ3n) is 3.04. The summed E-state index contributed by atoms with van der Waals surface area (Å²) < 4.78 is 0. The van der Waals surface area contributed by atoms with Gasteiger partial charge in [0.15, 0.2) is 0 Å². The predicted molar refractivity (Wildman–Crippen MR) is 50.5 cm³/mol. The van der Waals surface area contributed by atoms with Crippen molar-refractivity contribution < 1.29 is 4.79 Å². The van der Waals surface area contributed by atoms with Gasteiger partial charge in [-0.05, 0) is 25.3 Å². The lowest BCUT2D eigenvalue weighted by Gasteiger charge is -2.22. The molecule has 0 saturated carbocycles. The second-order valence-corrected chi connectivity index (χ2v) is 4.01. The van der Waals surface area contributed by atoms with Crippen LogP contribution in [0.2, 0.25) is 0 Å². The summed E-state index contributed by atoms with van der Waals surface area (Å²) >= 11 is 0. The van der Waals surface area contributed by atoms with Crippen molar-refractivity contribution >= 4 is 6.03 Å². The topological polar surface area (TPSA) is 44.4 Å². The van der Waals surface area contributed by atoms with E-state index < -0.39 is 0 Å². The quantitative estimate of drug-likeness (QED) is 0.555. The Bertz CT molecular complexity index is 185. The fourth-order valence-electron chi connectivity index (χ4n) is 2.26. The molecule has 13 heavy (non-hydrogen) atoms. The van der Waals surface area contributed by atoms with Gasteiger partial charge in [-0.3, -0.25) is 0 Å². The van der Waals surface area contributed by atoms with Crippen LogP contribution >= 0.6 is 0 Å². The molecule has 0 spiro atoms. The molecule has 3 fully saturated rings. The van der Waals surface area contributed by atoms with E-state index in [1.807, 2.05) is 4.90 Å². The summed E-state index contributed by atoms with van der Waals surface area (Å²) in [6, 6.07) is 0.594. The van der Waals surface area contributed by atoms with Gasteiger partial charge in [0.2, 0.25) is 0 Å². The summed E-state index contributed by atoms with van der Waals surface area (Å²) in [6.45, 7) is 2.87. The highest BCUT2D eigenvalue weighted by Crippen LogP contribution is 2.21. The maximum Gasteiger partial charge on any atom is 0.317 e. The van der Waals surface area contributed by atoms with Gasteiger partial charge in [-0.25, -0.2) is 4.79 Å². The molecular formula is C9H17N3O. The minimum atomic E-state index is 0.0700. The van der Waals surface area contributed by atoms with Gasteiger partial charge in [0, 0.05) is 26.2 Å². The summed E-state index contributed by atoms with van der Waals surface area (Å²) in [5.41, 5.74) is 0. The second kappa shape index (κ2) is 3.54. The van der Waals surface area contributed by atoms with Crippen molar-refractivity contribution in [2.45, 2.75) is 18.9 Å². The molecule has 2 unspecified atom stereocenters. The molecule has 2 bridgehead atoms. The zero-order valence-electron chi connectivity index (χ0n) is 8.05. The van der Waals surface area contributed by atoms with E-state index in [1.54, 1.807) is 7.05 Å². The van der Waals surface area contributed by atoms with Crippen molar-refractivity contribution in [2.24, 2.45) is 5.92 Å². The fraction of sp³-hybridized carbons (Fsp3) is 0.889. The summed E-state index contributed by atoms with van der Waals surface area (Å²) in [5, 5.41) is 6.16. The van der Waals surface area contributed by atoms with Crippen molar-refractivity contribution in [3.05, 3.63) is 0 Å². The van der Waals surface area contributed by atoms with E-state index in [1.165, 1.54) is 12.8 Å². The van der Waals surface area contributed by atoms with Crippen molar-refractivity contribution in [1.82, 2.24) is 15.5 Å². The molecule has 2 N–H and O–H groups in total. The number of carbonyl (C=O) groups is 1. The number of hydrogen-bond donors (Lipinski definition) is 2. The van der Waals surface area contributed by atoms with E-state index >= 15 is 0 Å². The number of hydrogen-bond acceptors (Lipinski definition) is 2. The first-order chi connectivity index (χ1) is 6.29. The first kappa shape index (κ1) is 8.81. The van der Waals surface area contributed by atoms with E-state index in [-0.39, 0.29) is 6.03 Å². The Kier molecular flexibility index (Phi) is 2.40. The molecule has 3 rings (SSSR count). The van der Waals surface area contributed by atoms with Crippen LogP contribution in [0.3, 0.4) is 0 Å². The average molecular weight is 183 g/mol. The lowest BCUT2D eigenvalue weighted by Crippen LogP contribution is -2.43. The Labute approximate surface area is 78.7 Å². The Hall–Kier alpha value is -0.770. The largest absolute Gasteiger partial charge is 0.341 e. The molecule has 3 aliphatic heterocycles. The van der Waals surface area contributed by atoms with Gasteiger partial charge < -0.3 is 15.5 Å². The first-order valence-corrected chi connectivity index (χ1v) is 4.99. The van der Waals surface area contributed by atoms with Crippen molar-refractivity contribution in [1.29, 1.82) is 0 Å². The molecule has 3 heterocycles. The monoisotopic (exact) mass is 183 g/mol. The summed E-state index contributed by atoms with van der Waals surface area (Å²) in [6.07, 6.45) is 2.49. The summed E-state index contributed by atoms with van der Waals surface area (Å²) in [7, 11) is 1.70. The van der Waals surface area contributed by atoms with Crippen molar-refractivity contribution in [2.75, 3.05) is 26.7 Å². The number of urea groups is 1. The third-order valence-corrected chi connectivity index (χ3v) is 3.04. The Morgan fingerprint density at radius 1 is 1.46 bits per heavy atom. The molecule has 74 valence electrons. The van der Waals surface area contributed by atoms with Crippen LogP contribution in [-0.2, 0) is 0 Å². The number of nitrogens with zero attached hydrogens (tertiary/aromatic N) is 1. The summed E-state index contributed by atoms with van der Waals surface area (Å²) in [5.74, 6) is 0.663. The minimum Gasteiger partial charge on any atom is -0.341 e. The zero-order valence-corrected chi connectivity index (χ0v) is 8.05. The Balaban J connectivity index is 2.03. The van der Waals surface area contributed by atoms with Gasteiger partial charge in [0.1, 0.15) is 0 Å². The lowest BCUT2D eigenvalue weighted by molar-refractivity contribution is 0.198. The Morgan fingerprint density at radius 3 is 2.92 bits per heavy atom. The molecule has 0 aromatic heterocycles. The molecular weight excluding hydrogens is 166 g/mol. The van der Waals surface area contributed by atoms with Gasteiger partial charge in [0.25, 0.3) is 0 Å². The SMILES string of the molecule is CNC(=O)N1CC2CCC(C1)NC2. The normalized spacial score (nSPS) is 32.8. The fourth-order valence-corrected chi connectivity index (χ4v) is 2.26. The number of rotatable bonds is 0. The van der Waals surface area contributed by atoms with Gasteiger partial charge in [-0.1, -0.05) is 0 Å². The molecule has 3 aliphatic rings. The molecule has 4 heteroatoms. The predicted octanol–water partition coefficient (Wildman–Crippen LogP) is 0.00960. The van der Waals surface area contributed by atoms with E-state index in [0.717, 1.165) is 19.6 Å². The number of piperidine rings is 1. The number of nitrogens with one attached hydrogen (secondary N) is 2. The molecule has 3 saturated heterocycles. The van der Waals surface area contributed by atoms with Crippen LogP contribution < -0.4 is 10.6 Å². The van der Waals surface area contributed by atoms with Crippen LogP contribution in [-0.4, -0.2) is 43.7 Å². The molecule has 2 amide bonds. The molecule has 2 atom stereocenters. The lowest BCUT2D eigenvalue weighted by atomic mass is 9.97. The number of fused-ring (bicyclic) bond motifs is 4. The maximum absolute atomic E-state index is 11.4. The van der Waals surface area contributed by atoms with Crippen LogP contribution in [0.4, 0.5) is 4.79 Å². The van der Waals surface area contributed by atoms with Crippen LogP contribution in [0.15, 0.2) is 0 Å². The highest BCUT2D eigenvalue weighted by Gasteiger charge is 2.30. The number of carbonyl (C=O) groups excluding carboxylic acids is 1. The van der Waals surface area contributed by atoms with Gasteiger partial charge >= 0.3 is 6.03 Å². The first-order valence-electron chi connectivity index (χ1n) is 4.99. The Morgan fingerprint density at radius 2 is 2.31 bits per heavy atom. The highest BCUT2D eigenvalue weighted by atomic mass is 16.2. The van der Waals surface area contributed by atoms with E-state index in [9.17, 15) is 4.79 Å². The van der Waals surface area contributed by atoms with Crippen LogP contribution in [0, 0.1) is 5.92 Å². The molecule has 0 aliphatic carbocycles. The van der Waals surface area contributed by atoms with E-state index in [4.69, 9.17) is 0 Å². The van der Waals surface area contributed by atoms with E-state index in [2.05, 4.69) is 10.6 Å². The van der Waals surface area contributed by atoms with E-state index in [0.29, 0.717) is 12.0 Å². The molecule has 4 nitrogen and oxygen atoms in total. The number of amides is 2. The zero-order chi connectivity index (χ0) is 9.26. The molecule has 0 radical (unpaired) electrons. The van der Waals surface area contributed by atoms with Crippen LogP contribution in [0.25, 0.3) is 0 Å². The smallest absolute Gasteiger partial charge is 0.317 e. The van der Waals surface area contributed by atoms with Crippen molar-refractivity contribution in [3.63, 3.8) is 0 Å². The minimum absolute atomic E-state index is 0.0700. The van der Waals surface area contributed by atoms with Gasteiger partial charge in [-0.15, -0.1) is 0 Å². The molecule has 0 aromatic rings. The van der Waals surface area contributed by atoms with Gasteiger partial charge in [-0.2, -0.15) is 0 Å². The second-order valence-electron chi connectivity index (χ2n) is 4.01. The van der Waals surface area contributed by atoms with Crippen LogP contribution in [0.5, 0.6) is 0 Å². The summed E-state index contributed by atoms with van der Waals surface area (Å²) in [4.78, 5) is 13.4. The third kappa shape index (κ3) is 1.77. The maximum atomic E-state index is 11.4. The van der Waals surface area contributed by atoms with Crippen LogP contribution in [0.1, 0.15) is 12.8 Å².